The Bertz CT molecular complexity index is 642. The predicted octanol–water partition coefficient (Wildman–Crippen LogP) is 1.61. The number of hydrogen-bond donors (Lipinski definition) is 1. The quantitative estimate of drug-likeness (QED) is 0.862. The third kappa shape index (κ3) is 2.63. The molecule has 0 spiro atoms. The summed E-state index contributed by atoms with van der Waals surface area (Å²) in [6.07, 6.45) is 4.64. The minimum absolute atomic E-state index is 0.0589. The molecular weight excluding hydrogens is 268 g/mol. The Kier molecular flexibility index (Phi) is 2.82. The van der Waals surface area contributed by atoms with Gasteiger partial charge in [0.25, 0.3) is 0 Å². The van der Waals surface area contributed by atoms with E-state index in [0.29, 0.717) is 11.1 Å². The van der Waals surface area contributed by atoms with Crippen LogP contribution in [0.2, 0.25) is 5.15 Å². The molecule has 3 rings (SSSR count). The molecular formula is C12H13ClN4O2. The van der Waals surface area contributed by atoms with Crippen LogP contribution in [0.4, 0.5) is 5.95 Å². The average molecular weight is 281 g/mol. The van der Waals surface area contributed by atoms with Gasteiger partial charge in [0.1, 0.15) is 5.15 Å². The third-order valence-electron chi connectivity index (χ3n) is 3.27. The summed E-state index contributed by atoms with van der Waals surface area (Å²) in [5, 5.41) is 3.77. The van der Waals surface area contributed by atoms with Crippen molar-refractivity contribution < 1.29 is 4.52 Å². The topological polar surface area (TPSA) is 73.0 Å². The Morgan fingerprint density at radius 3 is 2.84 bits per heavy atom. The maximum Gasteiger partial charge on any atom is 0.461 e. The van der Waals surface area contributed by atoms with E-state index in [1.54, 1.807) is 19.3 Å². The van der Waals surface area contributed by atoms with E-state index in [0.717, 1.165) is 24.8 Å². The molecule has 2 aromatic heterocycles. The molecule has 0 saturated heterocycles. The highest BCUT2D eigenvalue weighted by Crippen LogP contribution is 2.41. The second-order valence-corrected chi connectivity index (χ2v) is 5.25. The van der Waals surface area contributed by atoms with Crippen molar-refractivity contribution in [3.05, 3.63) is 39.6 Å². The number of pyridine rings is 1. The van der Waals surface area contributed by atoms with Gasteiger partial charge in [-0.1, -0.05) is 17.7 Å². The molecule has 1 saturated carbocycles. The fraction of sp³-hybridized carbons (Fsp3) is 0.417. The molecule has 1 aliphatic rings. The van der Waals surface area contributed by atoms with E-state index in [1.165, 1.54) is 4.74 Å². The van der Waals surface area contributed by atoms with Crippen LogP contribution in [0.5, 0.6) is 0 Å². The number of hydrogen-bond acceptors (Lipinski definition) is 5. The molecule has 0 aliphatic heterocycles. The maximum atomic E-state index is 11.0. The van der Waals surface area contributed by atoms with Crippen molar-refractivity contribution in [2.45, 2.75) is 24.8 Å². The van der Waals surface area contributed by atoms with Crippen LogP contribution in [-0.4, -0.2) is 20.2 Å². The van der Waals surface area contributed by atoms with Crippen LogP contribution in [0.3, 0.4) is 0 Å². The zero-order valence-corrected chi connectivity index (χ0v) is 11.1. The van der Waals surface area contributed by atoms with Gasteiger partial charge in [0.05, 0.1) is 0 Å². The lowest BCUT2D eigenvalue weighted by Crippen LogP contribution is -2.26. The number of nitrogens with one attached hydrogen (secondary N) is 1. The first-order valence-corrected chi connectivity index (χ1v) is 6.37. The summed E-state index contributed by atoms with van der Waals surface area (Å²) in [7, 11) is 1.65. The molecule has 6 nitrogen and oxygen atoms in total. The smallest absolute Gasteiger partial charge is 0.348 e. The number of nitrogens with zero attached hydrogens (tertiary/aromatic N) is 3. The Hall–Kier alpha value is -1.82. The van der Waals surface area contributed by atoms with Crippen LogP contribution < -0.4 is 11.1 Å². The van der Waals surface area contributed by atoms with Gasteiger partial charge in [-0.2, -0.15) is 4.74 Å². The third-order valence-corrected chi connectivity index (χ3v) is 3.50. The van der Waals surface area contributed by atoms with Crippen LogP contribution >= 0.6 is 11.6 Å². The second kappa shape index (κ2) is 4.38. The van der Waals surface area contributed by atoms with Crippen molar-refractivity contribution in [1.82, 2.24) is 14.7 Å². The second-order valence-electron chi connectivity index (χ2n) is 4.86. The van der Waals surface area contributed by atoms with Gasteiger partial charge in [0.2, 0.25) is 5.95 Å². The van der Waals surface area contributed by atoms with Gasteiger partial charge in [-0.05, 0) is 30.9 Å². The average Bonchev–Trinajstić information content (AvgIpc) is 3.03. The van der Waals surface area contributed by atoms with E-state index >= 15 is 0 Å². The van der Waals surface area contributed by atoms with Crippen LogP contribution in [0.1, 0.15) is 18.4 Å². The maximum absolute atomic E-state index is 11.0. The van der Waals surface area contributed by atoms with Crippen LogP contribution in [0.25, 0.3) is 0 Å². The molecule has 7 heteroatoms. The molecule has 2 aromatic rings. The summed E-state index contributed by atoms with van der Waals surface area (Å²) in [5.41, 5.74) is 1.04. The van der Waals surface area contributed by atoms with Crippen LogP contribution in [0.15, 0.2) is 27.6 Å². The van der Waals surface area contributed by atoms with Gasteiger partial charge in [-0.15, -0.1) is 4.98 Å². The van der Waals surface area contributed by atoms with E-state index in [9.17, 15) is 4.79 Å². The van der Waals surface area contributed by atoms with Crippen molar-refractivity contribution in [2.75, 3.05) is 5.32 Å². The molecule has 1 fully saturated rings. The molecule has 0 amide bonds. The Morgan fingerprint density at radius 2 is 2.32 bits per heavy atom. The highest BCUT2D eigenvalue weighted by molar-refractivity contribution is 6.29. The minimum Gasteiger partial charge on any atom is -0.348 e. The summed E-state index contributed by atoms with van der Waals surface area (Å²) in [4.78, 5) is 18.9. The molecule has 100 valence electrons. The zero-order chi connectivity index (χ0) is 13.5. The van der Waals surface area contributed by atoms with Crippen molar-refractivity contribution in [3.8, 4) is 0 Å². The van der Waals surface area contributed by atoms with Gasteiger partial charge < -0.3 is 9.84 Å². The zero-order valence-electron chi connectivity index (χ0n) is 10.4. The first-order chi connectivity index (χ1) is 9.06. The molecule has 0 aromatic carbocycles. The van der Waals surface area contributed by atoms with Gasteiger partial charge in [0.15, 0.2) is 0 Å². The molecule has 0 atom stereocenters. The first kappa shape index (κ1) is 12.2. The monoisotopic (exact) mass is 280 g/mol. The lowest BCUT2D eigenvalue weighted by atomic mass is 10.1. The predicted molar refractivity (Wildman–Crippen MR) is 70.3 cm³/mol. The molecule has 0 bridgehead atoms. The van der Waals surface area contributed by atoms with Gasteiger partial charge in [0, 0.05) is 18.8 Å². The SMILES string of the molecule is Cn1oc(=O)nc1NC1(Cc2ccc(Cl)nc2)CC1. The Balaban J connectivity index is 1.75. The number of rotatable bonds is 4. The number of halogens is 1. The number of anilines is 1. The highest BCUT2D eigenvalue weighted by Gasteiger charge is 2.43. The molecule has 0 radical (unpaired) electrons. The van der Waals surface area contributed by atoms with E-state index in [1.807, 2.05) is 6.07 Å². The lowest BCUT2D eigenvalue weighted by molar-refractivity contribution is 0.286. The summed E-state index contributed by atoms with van der Waals surface area (Å²) in [5.74, 6) is -0.126. The molecule has 1 aliphatic carbocycles. The molecule has 19 heavy (non-hydrogen) atoms. The highest BCUT2D eigenvalue weighted by atomic mass is 35.5. The summed E-state index contributed by atoms with van der Waals surface area (Å²) < 4.78 is 6.16. The normalized spacial score (nSPS) is 16.3. The molecule has 2 heterocycles. The van der Waals surface area contributed by atoms with Crippen molar-refractivity contribution >= 4 is 17.5 Å². The van der Waals surface area contributed by atoms with Crippen LogP contribution in [0, 0.1) is 0 Å². The largest absolute Gasteiger partial charge is 0.461 e. The summed E-state index contributed by atoms with van der Waals surface area (Å²) in [6, 6.07) is 3.73. The van der Waals surface area contributed by atoms with E-state index in [2.05, 4.69) is 15.3 Å². The van der Waals surface area contributed by atoms with Crippen molar-refractivity contribution in [2.24, 2.45) is 7.05 Å². The minimum atomic E-state index is -0.589. The van der Waals surface area contributed by atoms with Crippen molar-refractivity contribution in [3.63, 3.8) is 0 Å². The van der Waals surface area contributed by atoms with Gasteiger partial charge in [-0.25, -0.2) is 9.78 Å². The fourth-order valence-corrected chi connectivity index (χ4v) is 2.19. The summed E-state index contributed by atoms with van der Waals surface area (Å²) in [6.45, 7) is 0. The Labute approximate surface area is 114 Å². The fourth-order valence-electron chi connectivity index (χ4n) is 2.08. The van der Waals surface area contributed by atoms with Crippen LogP contribution in [-0.2, 0) is 13.5 Å². The molecule has 0 unspecified atom stereocenters. The van der Waals surface area contributed by atoms with Gasteiger partial charge in [-0.3, -0.25) is 0 Å². The van der Waals surface area contributed by atoms with Crippen molar-refractivity contribution in [1.29, 1.82) is 0 Å². The van der Waals surface area contributed by atoms with Gasteiger partial charge >= 0.3 is 5.76 Å². The standard InChI is InChI=1S/C12H13ClN4O2/c1-17-10(15-11(18)19-17)16-12(4-5-12)6-8-2-3-9(13)14-7-8/h2-3,7H,4-6H2,1H3,(H,15,16,18). The van der Waals surface area contributed by atoms with E-state index in [4.69, 9.17) is 16.1 Å². The number of aryl methyl sites for hydroxylation is 1. The first-order valence-electron chi connectivity index (χ1n) is 5.99. The van der Waals surface area contributed by atoms with E-state index in [-0.39, 0.29) is 5.54 Å². The summed E-state index contributed by atoms with van der Waals surface area (Å²) >= 11 is 5.76. The Morgan fingerprint density at radius 1 is 1.53 bits per heavy atom. The number of aromatic nitrogens is 3. The molecule has 1 N–H and O–H groups in total. The lowest BCUT2D eigenvalue weighted by Gasteiger charge is -2.17. The van der Waals surface area contributed by atoms with E-state index < -0.39 is 5.76 Å².